The zero-order valence-corrected chi connectivity index (χ0v) is 5.61. The number of nitrogens with one attached hydrogen (secondary N) is 1. The van der Waals surface area contributed by atoms with Gasteiger partial charge >= 0.3 is 0 Å². The topological polar surface area (TPSA) is 55.1 Å². The average Bonchev–Trinajstić information content (AvgIpc) is 1.84. The molecule has 0 radical (unpaired) electrons. The number of carbonyl (C=O) groups excluding carboxylic acids is 1. The second-order valence-corrected chi connectivity index (χ2v) is 1.77. The number of rotatable bonds is 2. The number of hydrogen-bond acceptors (Lipinski definition) is 3. The van der Waals surface area contributed by atoms with Crippen LogP contribution in [-0.4, -0.2) is 24.7 Å². The van der Waals surface area contributed by atoms with Crippen LogP contribution in [0.1, 0.15) is 0 Å². The third kappa shape index (κ3) is 2.18. The van der Waals surface area contributed by atoms with Gasteiger partial charge in [-0.25, -0.2) is 0 Å². The van der Waals surface area contributed by atoms with Gasteiger partial charge in [-0.15, -0.1) is 0 Å². The van der Waals surface area contributed by atoms with Gasteiger partial charge in [0.05, 0.1) is 6.04 Å². The molecular weight excluding hydrogens is 124 g/mol. The van der Waals surface area contributed by atoms with Gasteiger partial charge in [-0.3, -0.25) is 4.79 Å². The molecule has 1 amide bonds. The van der Waals surface area contributed by atoms with E-state index < -0.39 is 6.04 Å². The minimum atomic E-state index is -0.469. The fourth-order valence-corrected chi connectivity index (χ4v) is 0.434. The highest BCUT2D eigenvalue weighted by molar-refractivity contribution is 7.80. The maximum atomic E-state index is 10.5. The Morgan fingerprint density at radius 2 is 2.50 bits per heavy atom. The van der Waals surface area contributed by atoms with Crippen LogP contribution in [0.15, 0.2) is 0 Å². The van der Waals surface area contributed by atoms with Crippen LogP contribution < -0.4 is 11.1 Å². The highest BCUT2D eigenvalue weighted by Crippen LogP contribution is 1.80. The lowest BCUT2D eigenvalue weighted by Gasteiger charge is -2.03. The van der Waals surface area contributed by atoms with Crippen LogP contribution in [0.3, 0.4) is 0 Å². The largest absolute Gasteiger partial charge is 0.358 e. The van der Waals surface area contributed by atoms with Crippen LogP contribution in [0.5, 0.6) is 0 Å². The molecule has 1 atom stereocenters. The molecule has 0 aromatic rings. The Balaban J connectivity index is 3.46. The standard InChI is InChI=1S/C4H10N2OS/c1-6-4(7)3(5)2-8/h3,8H,2,5H2,1H3,(H,6,7)/t3-/m1/s1. The summed E-state index contributed by atoms with van der Waals surface area (Å²) in [5.74, 6) is 0.222. The maximum Gasteiger partial charge on any atom is 0.237 e. The van der Waals surface area contributed by atoms with Gasteiger partial charge in [-0.05, 0) is 0 Å². The van der Waals surface area contributed by atoms with Crippen LogP contribution in [0, 0.1) is 0 Å². The molecule has 0 unspecified atom stereocenters. The summed E-state index contributed by atoms with van der Waals surface area (Å²) in [6.45, 7) is 0. The second kappa shape index (κ2) is 3.74. The molecule has 0 saturated heterocycles. The van der Waals surface area contributed by atoms with Crippen molar-refractivity contribution < 1.29 is 4.79 Å². The first kappa shape index (κ1) is 7.78. The number of thiol groups is 1. The molecule has 0 fully saturated rings. The van der Waals surface area contributed by atoms with Crippen molar-refractivity contribution in [3.05, 3.63) is 0 Å². The maximum absolute atomic E-state index is 10.5. The van der Waals surface area contributed by atoms with E-state index in [9.17, 15) is 4.79 Å². The van der Waals surface area contributed by atoms with Gasteiger partial charge in [0.1, 0.15) is 0 Å². The van der Waals surface area contributed by atoms with E-state index in [1.807, 2.05) is 0 Å². The summed E-state index contributed by atoms with van der Waals surface area (Å²) in [6.07, 6.45) is 0. The molecule has 8 heavy (non-hydrogen) atoms. The highest BCUT2D eigenvalue weighted by atomic mass is 32.1. The smallest absolute Gasteiger partial charge is 0.237 e. The van der Waals surface area contributed by atoms with E-state index in [0.717, 1.165) is 0 Å². The minimum Gasteiger partial charge on any atom is -0.358 e. The Morgan fingerprint density at radius 3 is 2.62 bits per heavy atom. The number of hydrogen-bond donors (Lipinski definition) is 3. The van der Waals surface area contributed by atoms with E-state index >= 15 is 0 Å². The lowest BCUT2D eigenvalue weighted by Crippen LogP contribution is -2.39. The zero-order valence-electron chi connectivity index (χ0n) is 4.72. The minimum absolute atomic E-state index is 0.167. The van der Waals surface area contributed by atoms with Crippen molar-refractivity contribution in [1.82, 2.24) is 5.32 Å². The predicted molar refractivity (Wildman–Crippen MR) is 35.9 cm³/mol. The predicted octanol–water partition coefficient (Wildman–Crippen LogP) is -1.01. The Bertz CT molecular complexity index is 86.1. The van der Waals surface area contributed by atoms with Crippen molar-refractivity contribution in [3.8, 4) is 0 Å². The molecule has 0 saturated carbocycles. The van der Waals surface area contributed by atoms with Crippen molar-refractivity contribution in [2.24, 2.45) is 5.73 Å². The van der Waals surface area contributed by atoms with Crippen molar-refractivity contribution >= 4 is 18.5 Å². The van der Waals surface area contributed by atoms with Crippen LogP contribution >= 0.6 is 12.6 Å². The van der Waals surface area contributed by atoms with Crippen LogP contribution in [0.2, 0.25) is 0 Å². The summed E-state index contributed by atoms with van der Waals surface area (Å²) < 4.78 is 0. The van der Waals surface area contributed by atoms with E-state index in [0.29, 0.717) is 5.75 Å². The quantitative estimate of drug-likeness (QED) is 0.424. The van der Waals surface area contributed by atoms with Gasteiger partial charge in [0.25, 0.3) is 0 Å². The molecule has 0 rings (SSSR count). The normalized spacial score (nSPS) is 12.9. The lowest BCUT2D eigenvalue weighted by molar-refractivity contribution is -0.121. The summed E-state index contributed by atoms with van der Waals surface area (Å²) >= 11 is 3.82. The van der Waals surface area contributed by atoms with Crippen molar-refractivity contribution in [1.29, 1.82) is 0 Å². The summed E-state index contributed by atoms with van der Waals surface area (Å²) in [4.78, 5) is 10.5. The first-order chi connectivity index (χ1) is 3.72. The molecule has 0 aromatic carbocycles. The van der Waals surface area contributed by atoms with Gasteiger partial charge in [-0.2, -0.15) is 12.6 Å². The summed E-state index contributed by atoms with van der Waals surface area (Å²) in [7, 11) is 1.55. The summed E-state index contributed by atoms with van der Waals surface area (Å²) in [6, 6.07) is -0.469. The molecule has 3 N–H and O–H groups in total. The lowest BCUT2D eigenvalue weighted by atomic mass is 10.3. The number of amides is 1. The van der Waals surface area contributed by atoms with E-state index in [2.05, 4.69) is 17.9 Å². The molecule has 0 heterocycles. The fourth-order valence-electron chi connectivity index (χ4n) is 0.268. The molecule has 4 heteroatoms. The number of carbonyl (C=O) groups is 1. The van der Waals surface area contributed by atoms with E-state index in [-0.39, 0.29) is 5.91 Å². The molecule has 0 spiro atoms. The van der Waals surface area contributed by atoms with E-state index in [1.165, 1.54) is 0 Å². The molecular formula is C4H10N2OS. The number of likely N-dealkylation sites (N-methyl/N-ethyl adjacent to an activating group) is 1. The fraction of sp³-hybridized carbons (Fsp3) is 0.750. The molecule has 0 aliphatic carbocycles. The summed E-state index contributed by atoms with van der Waals surface area (Å²) in [5.41, 5.74) is 5.24. The Kier molecular flexibility index (Phi) is 3.64. The monoisotopic (exact) mass is 134 g/mol. The summed E-state index contributed by atoms with van der Waals surface area (Å²) in [5, 5.41) is 2.40. The van der Waals surface area contributed by atoms with Gasteiger partial charge in [0.2, 0.25) is 5.91 Å². The Morgan fingerprint density at radius 1 is 2.00 bits per heavy atom. The number of nitrogens with two attached hydrogens (primary N) is 1. The first-order valence-corrected chi connectivity index (χ1v) is 2.93. The third-order valence-electron chi connectivity index (χ3n) is 0.780. The van der Waals surface area contributed by atoms with Crippen LogP contribution in [0.25, 0.3) is 0 Å². The average molecular weight is 134 g/mol. The highest BCUT2D eigenvalue weighted by Gasteiger charge is 2.06. The van der Waals surface area contributed by atoms with Gasteiger partial charge in [-0.1, -0.05) is 0 Å². The van der Waals surface area contributed by atoms with Crippen molar-refractivity contribution in [3.63, 3.8) is 0 Å². The van der Waals surface area contributed by atoms with Gasteiger partial charge < -0.3 is 11.1 Å². The molecule has 0 aliphatic rings. The van der Waals surface area contributed by atoms with E-state index in [1.54, 1.807) is 7.05 Å². The molecule has 0 aliphatic heterocycles. The molecule has 0 bridgehead atoms. The Labute approximate surface area is 54.0 Å². The SMILES string of the molecule is CNC(=O)[C@H](N)CS. The third-order valence-corrected chi connectivity index (χ3v) is 1.17. The van der Waals surface area contributed by atoms with Gasteiger partial charge in [0, 0.05) is 12.8 Å². The van der Waals surface area contributed by atoms with Crippen molar-refractivity contribution in [2.45, 2.75) is 6.04 Å². The van der Waals surface area contributed by atoms with E-state index in [4.69, 9.17) is 5.73 Å². The first-order valence-electron chi connectivity index (χ1n) is 2.30. The van der Waals surface area contributed by atoms with Gasteiger partial charge in [0.15, 0.2) is 0 Å². The zero-order chi connectivity index (χ0) is 6.57. The molecule has 0 aromatic heterocycles. The van der Waals surface area contributed by atoms with Crippen LogP contribution in [0.4, 0.5) is 0 Å². The van der Waals surface area contributed by atoms with Crippen molar-refractivity contribution in [2.75, 3.05) is 12.8 Å². The van der Waals surface area contributed by atoms with Crippen LogP contribution in [-0.2, 0) is 4.79 Å². The molecule has 48 valence electrons. The molecule has 3 nitrogen and oxygen atoms in total. The second-order valence-electron chi connectivity index (χ2n) is 1.40. The Hall–Kier alpha value is -0.220.